The maximum atomic E-state index is 12.9. The lowest BCUT2D eigenvalue weighted by Gasteiger charge is -2.35. The van der Waals surface area contributed by atoms with Gasteiger partial charge in [-0.25, -0.2) is 4.39 Å². The molecule has 0 saturated carbocycles. The van der Waals surface area contributed by atoms with Crippen molar-refractivity contribution in [2.24, 2.45) is 11.7 Å². The molecule has 3 N–H and O–H groups in total. The number of piperidine rings is 1. The topological polar surface area (TPSA) is 58.4 Å². The second-order valence-electron chi connectivity index (χ2n) is 6.02. The zero-order valence-corrected chi connectivity index (χ0v) is 15.1. The molecule has 0 aliphatic carbocycles. The maximum Gasteiger partial charge on any atom is 0.239 e. The number of hydrogen-bond acceptors (Lipinski definition) is 3. The fraction of sp³-hybridized carbons (Fsp3) is 0.562. The van der Waals surface area contributed by atoms with Gasteiger partial charge in [-0.2, -0.15) is 0 Å². The molecule has 1 aliphatic rings. The molecule has 0 spiro atoms. The van der Waals surface area contributed by atoms with Crippen LogP contribution in [0.1, 0.15) is 26.7 Å². The summed E-state index contributed by atoms with van der Waals surface area (Å²) in [4.78, 5) is 14.0. The van der Waals surface area contributed by atoms with Crippen molar-refractivity contribution in [3.63, 3.8) is 0 Å². The Kier molecular flexibility index (Phi) is 9.51. The fourth-order valence-corrected chi connectivity index (χ4v) is 2.52. The van der Waals surface area contributed by atoms with E-state index >= 15 is 0 Å². The lowest BCUT2D eigenvalue weighted by molar-refractivity contribution is -0.134. The molecule has 4 nitrogen and oxygen atoms in total. The normalized spacial score (nSPS) is 16.3. The van der Waals surface area contributed by atoms with Crippen LogP contribution >= 0.6 is 24.8 Å². The quantitative estimate of drug-likeness (QED) is 0.861. The zero-order chi connectivity index (χ0) is 15.4. The summed E-state index contributed by atoms with van der Waals surface area (Å²) in [7, 11) is 0. The molecule has 1 aromatic carbocycles. The number of nitrogens with one attached hydrogen (secondary N) is 1. The first-order chi connectivity index (χ1) is 9.97. The van der Waals surface area contributed by atoms with Gasteiger partial charge in [-0.15, -0.1) is 24.8 Å². The first-order valence-electron chi connectivity index (χ1n) is 7.54. The minimum Gasteiger partial charge on any atom is -0.382 e. The molecular weight excluding hydrogens is 340 g/mol. The summed E-state index contributed by atoms with van der Waals surface area (Å²) in [5.41, 5.74) is 6.84. The highest BCUT2D eigenvalue weighted by atomic mass is 35.5. The number of carbonyl (C=O) groups is 1. The van der Waals surface area contributed by atoms with E-state index in [0.717, 1.165) is 31.6 Å². The van der Waals surface area contributed by atoms with E-state index in [1.165, 1.54) is 12.1 Å². The molecular formula is C16H26Cl2FN3O. The van der Waals surface area contributed by atoms with Gasteiger partial charge in [0.25, 0.3) is 0 Å². The highest BCUT2D eigenvalue weighted by molar-refractivity contribution is 5.85. The molecule has 0 radical (unpaired) electrons. The summed E-state index contributed by atoms with van der Waals surface area (Å²) in [5, 5.41) is 3.38. The van der Waals surface area contributed by atoms with Crippen molar-refractivity contribution in [1.29, 1.82) is 0 Å². The van der Waals surface area contributed by atoms with Crippen LogP contribution in [0.25, 0.3) is 0 Å². The minimum absolute atomic E-state index is 0. The van der Waals surface area contributed by atoms with Gasteiger partial charge in [-0.1, -0.05) is 13.8 Å². The Morgan fingerprint density at radius 1 is 1.22 bits per heavy atom. The number of anilines is 1. The van der Waals surface area contributed by atoms with Crippen LogP contribution < -0.4 is 11.1 Å². The number of amides is 1. The van der Waals surface area contributed by atoms with Gasteiger partial charge in [0.2, 0.25) is 5.91 Å². The summed E-state index contributed by atoms with van der Waals surface area (Å²) in [6.07, 6.45) is 1.77. The average Bonchev–Trinajstić information content (AvgIpc) is 2.49. The van der Waals surface area contributed by atoms with Gasteiger partial charge in [0, 0.05) is 24.8 Å². The Hall–Kier alpha value is -1.04. The van der Waals surface area contributed by atoms with Crippen LogP contribution in [-0.2, 0) is 4.79 Å². The summed E-state index contributed by atoms with van der Waals surface area (Å²) in [6, 6.07) is 6.27. The SMILES string of the molecule is CC(C)[C@H](N)C(=O)N1CCC(Nc2ccc(F)cc2)CC1.Cl.Cl. The van der Waals surface area contributed by atoms with E-state index < -0.39 is 6.04 Å². The molecule has 1 amide bonds. The standard InChI is InChI=1S/C16H24FN3O.2ClH/c1-11(2)15(18)16(21)20-9-7-14(8-10-20)19-13-5-3-12(17)4-6-13;;/h3-6,11,14-15,19H,7-10,18H2,1-2H3;2*1H/t15-;;/m0../s1. The van der Waals surface area contributed by atoms with Gasteiger partial charge in [0.1, 0.15) is 5.82 Å². The molecule has 0 aromatic heterocycles. The van der Waals surface area contributed by atoms with Gasteiger partial charge in [-0.3, -0.25) is 4.79 Å². The lowest BCUT2D eigenvalue weighted by atomic mass is 10.00. The third-order valence-electron chi connectivity index (χ3n) is 4.03. The van der Waals surface area contributed by atoms with Crippen molar-refractivity contribution in [2.45, 2.75) is 38.8 Å². The van der Waals surface area contributed by atoms with E-state index in [0.29, 0.717) is 6.04 Å². The molecule has 23 heavy (non-hydrogen) atoms. The molecule has 1 saturated heterocycles. The Morgan fingerprint density at radius 3 is 2.22 bits per heavy atom. The minimum atomic E-state index is -0.411. The molecule has 1 fully saturated rings. The van der Waals surface area contributed by atoms with E-state index in [1.54, 1.807) is 12.1 Å². The van der Waals surface area contributed by atoms with Crippen molar-refractivity contribution in [1.82, 2.24) is 4.90 Å². The number of hydrogen-bond donors (Lipinski definition) is 2. The van der Waals surface area contributed by atoms with Crippen molar-refractivity contribution in [3.8, 4) is 0 Å². The van der Waals surface area contributed by atoms with Gasteiger partial charge in [0.05, 0.1) is 6.04 Å². The van der Waals surface area contributed by atoms with E-state index in [-0.39, 0.29) is 42.5 Å². The summed E-state index contributed by atoms with van der Waals surface area (Å²) >= 11 is 0. The van der Waals surface area contributed by atoms with Crippen LogP contribution in [0.2, 0.25) is 0 Å². The third kappa shape index (κ3) is 6.16. The highest BCUT2D eigenvalue weighted by Crippen LogP contribution is 2.18. The Labute approximate surface area is 149 Å². The third-order valence-corrected chi connectivity index (χ3v) is 4.03. The van der Waals surface area contributed by atoms with Crippen LogP contribution in [0.5, 0.6) is 0 Å². The second kappa shape index (κ2) is 9.96. The zero-order valence-electron chi connectivity index (χ0n) is 13.5. The van der Waals surface area contributed by atoms with Crippen LogP contribution in [0.4, 0.5) is 10.1 Å². The molecule has 7 heteroatoms. The van der Waals surface area contributed by atoms with Crippen LogP contribution in [0.3, 0.4) is 0 Å². The molecule has 1 heterocycles. The molecule has 1 aliphatic heterocycles. The average molecular weight is 366 g/mol. The van der Waals surface area contributed by atoms with E-state index in [4.69, 9.17) is 5.73 Å². The number of benzene rings is 1. The fourth-order valence-electron chi connectivity index (χ4n) is 2.52. The maximum absolute atomic E-state index is 12.9. The Balaban J connectivity index is 0.00000242. The van der Waals surface area contributed by atoms with Crippen LogP contribution in [-0.4, -0.2) is 36.0 Å². The number of likely N-dealkylation sites (tertiary alicyclic amines) is 1. The predicted octanol–water partition coefficient (Wildman–Crippen LogP) is 3.06. The molecule has 132 valence electrons. The van der Waals surface area contributed by atoms with Crippen molar-refractivity contribution < 1.29 is 9.18 Å². The van der Waals surface area contributed by atoms with E-state index in [2.05, 4.69) is 5.32 Å². The van der Waals surface area contributed by atoms with Crippen LogP contribution in [0.15, 0.2) is 24.3 Å². The number of rotatable bonds is 4. The van der Waals surface area contributed by atoms with Crippen molar-refractivity contribution in [2.75, 3.05) is 18.4 Å². The lowest BCUT2D eigenvalue weighted by Crippen LogP contribution is -2.50. The van der Waals surface area contributed by atoms with Crippen molar-refractivity contribution >= 4 is 36.4 Å². The number of nitrogens with two attached hydrogens (primary N) is 1. The largest absolute Gasteiger partial charge is 0.382 e. The molecule has 0 unspecified atom stereocenters. The van der Waals surface area contributed by atoms with Gasteiger partial charge in [0.15, 0.2) is 0 Å². The van der Waals surface area contributed by atoms with Gasteiger partial charge in [-0.05, 0) is 43.0 Å². The van der Waals surface area contributed by atoms with Gasteiger partial charge >= 0.3 is 0 Å². The number of halogens is 3. The first kappa shape index (κ1) is 22.0. The number of nitrogens with zero attached hydrogens (tertiary/aromatic N) is 1. The van der Waals surface area contributed by atoms with Gasteiger partial charge < -0.3 is 16.0 Å². The Morgan fingerprint density at radius 2 is 1.74 bits per heavy atom. The van der Waals surface area contributed by atoms with Crippen LogP contribution in [0, 0.1) is 11.7 Å². The highest BCUT2D eigenvalue weighted by Gasteiger charge is 2.27. The molecule has 2 rings (SSSR count). The first-order valence-corrected chi connectivity index (χ1v) is 7.54. The molecule has 0 bridgehead atoms. The summed E-state index contributed by atoms with van der Waals surface area (Å²) in [6.45, 7) is 5.37. The van der Waals surface area contributed by atoms with E-state index in [1.807, 2.05) is 18.7 Å². The predicted molar refractivity (Wildman–Crippen MR) is 96.9 cm³/mol. The molecule has 1 atom stereocenters. The summed E-state index contributed by atoms with van der Waals surface area (Å²) < 4.78 is 12.9. The second-order valence-corrected chi connectivity index (χ2v) is 6.02. The summed E-state index contributed by atoms with van der Waals surface area (Å²) in [5.74, 6) is -0.0264. The smallest absolute Gasteiger partial charge is 0.239 e. The molecule has 1 aromatic rings. The number of carbonyl (C=O) groups excluding carboxylic acids is 1. The van der Waals surface area contributed by atoms with Crippen molar-refractivity contribution in [3.05, 3.63) is 30.1 Å². The Bertz CT molecular complexity index is 477. The van der Waals surface area contributed by atoms with E-state index in [9.17, 15) is 9.18 Å². The monoisotopic (exact) mass is 365 g/mol.